The van der Waals surface area contributed by atoms with Gasteiger partial charge in [0, 0.05) is 0 Å². The van der Waals surface area contributed by atoms with E-state index in [9.17, 15) is 0 Å². The SMILES string of the molecule is O.O.O.[Co+3]. The van der Waals surface area contributed by atoms with Crippen LogP contribution in [0.25, 0.3) is 0 Å². The Bertz CT molecular complexity index is 3.25. The molecule has 30 valence electrons. The maximum absolute atomic E-state index is 0. The summed E-state index contributed by atoms with van der Waals surface area (Å²) in [5.74, 6) is 0. The largest absolute Gasteiger partial charge is 3.00 e. The predicted octanol–water partition coefficient (Wildman–Crippen LogP) is -2.48. The van der Waals surface area contributed by atoms with Crippen LogP contribution in [0.2, 0.25) is 0 Å². The van der Waals surface area contributed by atoms with Crippen molar-refractivity contribution >= 4 is 0 Å². The minimum Gasteiger partial charge on any atom is -0.412 e. The molecule has 0 aliphatic heterocycles. The maximum Gasteiger partial charge on any atom is 3.00 e. The van der Waals surface area contributed by atoms with Crippen LogP contribution in [0.1, 0.15) is 0 Å². The van der Waals surface area contributed by atoms with Crippen molar-refractivity contribution in [2.45, 2.75) is 0 Å². The molecule has 3 nitrogen and oxygen atoms in total. The molecule has 0 aromatic heterocycles. The van der Waals surface area contributed by atoms with Gasteiger partial charge in [0.05, 0.1) is 0 Å². The summed E-state index contributed by atoms with van der Waals surface area (Å²) < 4.78 is 0. The van der Waals surface area contributed by atoms with Gasteiger partial charge in [-0.05, 0) is 0 Å². The summed E-state index contributed by atoms with van der Waals surface area (Å²) in [6, 6.07) is 0. The van der Waals surface area contributed by atoms with Crippen molar-refractivity contribution in [2.75, 3.05) is 0 Å². The van der Waals surface area contributed by atoms with Crippen molar-refractivity contribution < 1.29 is 33.2 Å². The molecule has 0 aromatic carbocycles. The first kappa shape index (κ1) is 337. The quantitative estimate of drug-likeness (QED) is 0.332. The van der Waals surface area contributed by atoms with Crippen LogP contribution in [0, 0.1) is 0 Å². The Morgan fingerprint density at radius 1 is 0.500 bits per heavy atom. The summed E-state index contributed by atoms with van der Waals surface area (Å²) in [4.78, 5) is 0. The fraction of sp³-hybridized carbons (Fsp3) is 0. The van der Waals surface area contributed by atoms with Crippen LogP contribution in [0.3, 0.4) is 0 Å². The third kappa shape index (κ3) is 30.7. The second kappa shape index (κ2) is 129. The van der Waals surface area contributed by atoms with Gasteiger partial charge in [-0.2, -0.15) is 0 Å². The van der Waals surface area contributed by atoms with Crippen molar-refractivity contribution in [3.63, 3.8) is 0 Å². The number of hydrogen-bond donors (Lipinski definition) is 0. The summed E-state index contributed by atoms with van der Waals surface area (Å²) in [6.45, 7) is 0. The molecule has 0 rings (SSSR count). The Hall–Kier alpha value is 0.386. The van der Waals surface area contributed by atoms with Crippen molar-refractivity contribution in [3.05, 3.63) is 0 Å². The molecule has 0 saturated heterocycles. The van der Waals surface area contributed by atoms with Crippen molar-refractivity contribution in [1.82, 2.24) is 0 Å². The molecule has 6 N–H and O–H groups in total. The summed E-state index contributed by atoms with van der Waals surface area (Å²) in [5, 5.41) is 0. The van der Waals surface area contributed by atoms with Crippen LogP contribution in [0.5, 0.6) is 0 Å². The van der Waals surface area contributed by atoms with Crippen LogP contribution in [-0.2, 0) is 16.8 Å². The number of hydrogen-bond acceptors (Lipinski definition) is 0. The molecule has 0 radical (unpaired) electrons. The molecule has 0 atom stereocenters. The average molecular weight is 113 g/mol. The van der Waals surface area contributed by atoms with Gasteiger partial charge in [-0.1, -0.05) is 0 Å². The second-order valence-corrected chi connectivity index (χ2v) is 0. The molecule has 0 fully saturated rings. The third-order valence-electron chi connectivity index (χ3n) is 0. The molecule has 0 aliphatic rings. The van der Waals surface area contributed by atoms with Crippen LogP contribution < -0.4 is 0 Å². The standard InChI is InChI=1S/Co.3H2O/h;3*1H2/q+3;;;. The molecule has 0 amide bonds. The van der Waals surface area contributed by atoms with Gasteiger partial charge in [-0.25, -0.2) is 0 Å². The molecule has 4 heavy (non-hydrogen) atoms. The Kier molecular flexibility index (Phi) is 10900. The Morgan fingerprint density at radius 2 is 0.500 bits per heavy atom. The fourth-order valence-electron chi connectivity index (χ4n) is 0. The molecular weight excluding hydrogens is 107 g/mol. The monoisotopic (exact) mass is 113 g/mol. The fourth-order valence-corrected chi connectivity index (χ4v) is 0. The van der Waals surface area contributed by atoms with Crippen LogP contribution in [0.4, 0.5) is 0 Å². The Balaban J connectivity index is 0. The molecule has 0 aliphatic carbocycles. The molecule has 0 spiro atoms. The van der Waals surface area contributed by atoms with E-state index in [2.05, 4.69) is 0 Å². The van der Waals surface area contributed by atoms with Gasteiger partial charge in [-0.15, -0.1) is 0 Å². The van der Waals surface area contributed by atoms with Crippen molar-refractivity contribution in [1.29, 1.82) is 0 Å². The summed E-state index contributed by atoms with van der Waals surface area (Å²) in [5.41, 5.74) is 0. The van der Waals surface area contributed by atoms with E-state index in [1.807, 2.05) is 0 Å². The van der Waals surface area contributed by atoms with E-state index < -0.39 is 0 Å². The van der Waals surface area contributed by atoms with Gasteiger partial charge in [0.1, 0.15) is 0 Å². The van der Waals surface area contributed by atoms with Gasteiger partial charge in [0.25, 0.3) is 0 Å². The molecule has 0 saturated carbocycles. The summed E-state index contributed by atoms with van der Waals surface area (Å²) >= 11 is 0. The van der Waals surface area contributed by atoms with Crippen LogP contribution in [0.15, 0.2) is 0 Å². The molecule has 0 aromatic rings. The topological polar surface area (TPSA) is 94.5 Å². The zero-order chi connectivity index (χ0) is 0. The maximum atomic E-state index is 0. The van der Waals surface area contributed by atoms with Gasteiger partial charge < -0.3 is 16.4 Å². The predicted molar refractivity (Wildman–Crippen MR) is 10.8 cm³/mol. The Labute approximate surface area is 34.1 Å². The first-order chi connectivity index (χ1) is 0. The van der Waals surface area contributed by atoms with Gasteiger partial charge >= 0.3 is 16.8 Å². The average Bonchev–Trinajstić information content (AvgIpc) is 0. The number of rotatable bonds is 0. The van der Waals surface area contributed by atoms with Gasteiger partial charge in [0.15, 0.2) is 0 Å². The third-order valence-corrected chi connectivity index (χ3v) is 0. The first-order valence-corrected chi connectivity index (χ1v) is 0. The van der Waals surface area contributed by atoms with E-state index in [4.69, 9.17) is 0 Å². The zero-order valence-corrected chi connectivity index (χ0v) is 2.87. The van der Waals surface area contributed by atoms with E-state index in [0.717, 1.165) is 0 Å². The zero-order valence-electron chi connectivity index (χ0n) is 1.83. The van der Waals surface area contributed by atoms with Crippen molar-refractivity contribution in [3.8, 4) is 0 Å². The van der Waals surface area contributed by atoms with E-state index in [-0.39, 0.29) is 33.2 Å². The van der Waals surface area contributed by atoms with E-state index in [0.29, 0.717) is 0 Å². The van der Waals surface area contributed by atoms with E-state index >= 15 is 0 Å². The first-order valence-electron chi connectivity index (χ1n) is 0. The minimum atomic E-state index is 0. The minimum absolute atomic E-state index is 0. The molecule has 0 heterocycles. The summed E-state index contributed by atoms with van der Waals surface area (Å²) in [6.07, 6.45) is 0. The Morgan fingerprint density at radius 3 is 0.500 bits per heavy atom. The second-order valence-electron chi connectivity index (χ2n) is 0. The molecule has 0 bridgehead atoms. The van der Waals surface area contributed by atoms with E-state index in [1.54, 1.807) is 0 Å². The van der Waals surface area contributed by atoms with Crippen molar-refractivity contribution in [2.24, 2.45) is 0 Å². The van der Waals surface area contributed by atoms with E-state index in [1.165, 1.54) is 0 Å². The molecule has 4 heteroatoms. The normalized spacial score (nSPS) is 0. The molecule has 0 unspecified atom stereocenters. The van der Waals surface area contributed by atoms with Gasteiger partial charge in [-0.3, -0.25) is 0 Å². The van der Waals surface area contributed by atoms with Gasteiger partial charge in [0.2, 0.25) is 0 Å². The molecular formula is H6CoO3+3. The smallest absolute Gasteiger partial charge is 0.412 e. The van der Waals surface area contributed by atoms with Crippen LogP contribution in [-0.4, -0.2) is 16.4 Å². The summed E-state index contributed by atoms with van der Waals surface area (Å²) in [7, 11) is 0. The van der Waals surface area contributed by atoms with Crippen LogP contribution >= 0.6 is 0 Å².